The largest absolute Gasteiger partial charge is 0.461 e. The van der Waals surface area contributed by atoms with Gasteiger partial charge in [-0.1, -0.05) is 6.07 Å². The van der Waals surface area contributed by atoms with E-state index in [0.717, 1.165) is 36.3 Å². The first-order chi connectivity index (χ1) is 12.2. The van der Waals surface area contributed by atoms with Gasteiger partial charge in [-0.3, -0.25) is 0 Å². The average Bonchev–Trinajstić information content (AvgIpc) is 3.02. The molecule has 0 spiro atoms. The number of hydrogen-bond donors (Lipinski definition) is 1. The highest BCUT2D eigenvalue weighted by Crippen LogP contribution is 2.45. The number of nitrogens with zero attached hydrogens (tertiary/aromatic N) is 4. The fourth-order valence-corrected chi connectivity index (χ4v) is 3.51. The minimum absolute atomic E-state index is 0.108. The molecule has 7 heteroatoms. The molecule has 7 nitrogen and oxygen atoms in total. The van der Waals surface area contributed by atoms with Gasteiger partial charge in [0, 0.05) is 19.3 Å². The van der Waals surface area contributed by atoms with E-state index in [1.165, 1.54) is 6.42 Å². The van der Waals surface area contributed by atoms with E-state index in [4.69, 9.17) is 4.74 Å². The number of fused-ring (bicyclic) bond motifs is 1. The SMILES string of the molecule is CCOC(=O)c1cn(Cc2ccc(N3CC4CC4C3)nc2CO)cn1. The fraction of sp³-hybridized carbons (Fsp3) is 0.500. The summed E-state index contributed by atoms with van der Waals surface area (Å²) in [7, 11) is 0. The van der Waals surface area contributed by atoms with Gasteiger partial charge in [-0.2, -0.15) is 0 Å². The molecule has 0 amide bonds. The van der Waals surface area contributed by atoms with Gasteiger partial charge in [-0.05, 0) is 36.8 Å². The van der Waals surface area contributed by atoms with Gasteiger partial charge >= 0.3 is 5.97 Å². The Bertz CT molecular complexity index is 778. The highest BCUT2D eigenvalue weighted by molar-refractivity contribution is 5.86. The minimum atomic E-state index is -0.426. The number of aliphatic hydroxyl groups is 1. The van der Waals surface area contributed by atoms with E-state index in [2.05, 4.69) is 14.9 Å². The molecule has 0 bridgehead atoms. The van der Waals surface area contributed by atoms with E-state index in [0.29, 0.717) is 18.8 Å². The summed E-state index contributed by atoms with van der Waals surface area (Å²) in [6, 6.07) is 4.02. The second kappa shape index (κ2) is 6.48. The molecule has 0 radical (unpaired) electrons. The van der Waals surface area contributed by atoms with Crippen molar-refractivity contribution in [3.05, 3.63) is 41.6 Å². The molecule has 1 saturated carbocycles. The topological polar surface area (TPSA) is 80.5 Å². The van der Waals surface area contributed by atoms with Crippen LogP contribution in [0.1, 0.15) is 35.1 Å². The Morgan fingerprint density at radius 2 is 2.16 bits per heavy atom. The summed E-state index contributed by atoms with van der Waals surface area (Å²) in [6.45, 7) is 4.63. The number of carbonyl (C=O) groups excluding carboxylic acids is 1. The van der Waals surface area contributed by atoms with Crippen molar-refractivity contribution in [2.75, 3.05) is 24.6 Å². The number of anilines is 1. The Kier molecular flexibility index (Phi) is 4.17. The first-order valence-electron chi connectivity index (χ1n) is 8.71. The summed E-state index contributed by atoms with van der Waals surface area (Å²) in [5.41, 5.74) is 1.88. The highest BCUT2D eigenvalue weighted by Gasteiger charge is 2.45. The fourth-order valence-electron chi connectivity index (χ4n) is 3.51. The van der Waals surface area contributed by atoms with E-state index >= 15 is 0 Å². The summed E-state index contributed by atoms with van der Waals surface area (Å²) >= 11 is 0. The molecule has 25 heavy (non-hydrogen) atoms. The van der Waals surface area contributed by atoms with Crippen molar-refractivity contribution >= 4 is 11.8 Å². The molecule has 1 N–H and O–H groups in total. The van der Waals surface area contributed by atoms with Crippen molar-refractivity contribution in [1.82, 2.24) is 14.5 Å². The first kappa shape index (κ1) is 16.1. The second-order valence-corrected chi connectivity index (χ2v) is 6.75. The van der Waals surface area contributed by atoms with Crippen LogP contribution in [0.2, 0.25) is 0 Å². The summed E-state index contributed by atoms with van der Waals surface area (Å²) in [6.07, 6.45) is 4.60. The number of piperidine rings is 1. The predicted octanol–water partition coefficient (Wildman–Crippen LogP) is 1.45. The monoisotopic (exact) mass is 342 g/mol. The molecule has 2 aromatic rings. The number of esters is 1. The maximum atomic E-state index is 11.7. The van der Waals surface area contributed by atoms with Gasteiger partial charge in [-0.25, -0.2) is 14.8 Å². The summed E-state index contributed by atoms with van der Waals surface area (Å²) < 4.78 is 6.75. The Labute approximate surface area is 146 Å². The number of aliphatic hydroxyl groups excluding tert-OH is 1. The number of hydrogen-bond acceptors (Lipinski definition) is 6. The van der Waals surface area contributed by atoms with Crippen LogP contribution in [0.4, 0.5) is 5.82 Å². The number of imidazole rings is 1. The van der Waals surface area contributed by atoms with Crippen molar-refractivity contribution in [2.45, 2.75) is 26.5 Å². The van der Waals surface area contributed by atoms with Gasteiger partial charge in [0.05, 0.1) is 31.8 Å². The number of carbonyl (C=O) groups is 1. The molecular formula is C18H22N4O3. The Hall–Kier alpha value is -2.41. The van der Waals surface area contributed by atoms with Crippen molar-refractivity contribution in [2.24, 2.45) is 11.8 Å². The molecule has 2 unspecified atom stereocenters. The molecule has 1 saturated heterocycles. The molecule has 2 aromatic heterocycles. The van der Waals surface area contributed by atoms with Gasteiger partial charge in [0.1, 0.15) is 5.82 Å². The van der Waals surface area contributed by atoms with Crippen molar-refractivity contribution in [3.63, 3.8) is 0 Å². The Morgan fingerprint density at radius 3 is 2.88 bits per heavy atom. The van der Waals surface area contributed by atoms with Gasteiger partial charge in [-0.15, -0.1) is 0 Å². The zero-order valence-electron chi connectivity index (χ0n) is 14.3. The molecule has 0 aromatic carbocycles. The molecule has 1 aliphatic carbocycles. The predicted molar refractivity (Wildman–Crippen MR) is 91.3 cm³/mol. The summed E-state index contributed by atoms with van der Waals surface area (Å²) in [4.78, 5) is 22.7. The smallest absolute Gasteiger partial charge is 0.358 e. The lowest BCUT2D eigenvalue weighted by Crippen LogP contribution is -2.23. The standard InChI is InChI=1S/C18H22N4O3/c1-2-25-18(24)15-9-21(11-19-15)6-12-3-4-17(20-16(12)10-23)22-7-13-5-14(13)8-22/h3-4,9,11,13-14,23H,2,5-8,10H2,1H3. The Morgan fingerprint density at radius 1 is 1.36 bits per heavy atom. The second-order valence-electron chi connectivity index (χ2n) is 6.75. The minimum Gasteiger partial charge on any atom is -0.461 e. The Balaban J connectivity index is 1.49. The lowest BCUT2D eigenvalue weighted by Gasteiger charge is -2.20. The normalized spacial score (nSPS) is 21.3. The van der Waals surface area contributed by atoms with Crippen LogP contribution in [0.3, 0.4) is 0 Å². The van der Waals surface area contributed by atoms with Crippen LogP contribution in [-0.2, 0) is 17.9 Å². The van der Waals surface area contributed by atoms with Crippen LogP contribution in [-0.4, -0.2) is 45.3 Å². The van der Waals surface area contributed by atoms with Crippen LogP contribution in [0.25, 0.3) is 0 Å². The highest BCUT2D eigenvalue weighted by atomic mass is 16.5. The third-order valence-corrected chi connectivity index (χ3v) is 4.98. The van der Waals surface area contributed by atoms with Crippen molar-refractivity contribution in [1.29, 1.82) is 0 Å². The third kappa shape index (κ3) is 3.24. The van der Waals surface area contributed by atoms with Crippen molar-refractivity contribution in [3.8, 4) is 0 Å². The lowest BCUT2D eigenvalue weighted by atomic mass is 10.2. The molecular weight excluding hydrogens is 320 g/mol. The van der Waals surface area contributed by atoms with Crippen LogP contribution in [0, 0.1) is 11.8 Å². The zero-order chi connectivity index (χ0) is 17.4. The molecule has 132 valence electrons. The summed E-state index contributed by atoms with van der Waals surface area (Å²) in [5.74, 6) is 2.19. The third-order valence-electron chi connectivity index (χ3n) is 4.98. The summed E-state index contributed by atoms with van der Waals surface area (Å²) in [5, 5.41) is 9.71. The lowest BCUT2D eigenvalue weighted by molar-refractivity contribution is 0.0520. The molecule has 2 fully saturated rings. The van der Waals surface area contributed by atoms with Crippen LogP contribution in [0.15, 0.2) is 24.7 Å². The average molecular weight is 342 g/mol. The molecule has 2 atom stereocenters. The van der Waals surface area contributed by atoms with Crippen LogP contribution in [0.5, 0.6) is 0 Å². The number of ether oxygens (including phenoxy) is 1. The zero-order valence-corrected chi connectivity index (χ0v) is 14.3. The van der Waals surface area contributed by atoms with E-state index in [1.54, 1.807) is 24.0 Å². The van der Waals surface area contributed by atoms with Crippen molar-refractivity contribution < 1.29 is 14.6 Å². The van der Waals surface area contributed by atoms with Crippen LogP contribution < -0.4 is 4.90 Å². The van der Waals surface area contributed by atoms with E-state index in [-0.39, 0.29) is 12.3 Å². The van der Waals surface area contributed by atoms with Gasteiger partial charge < -0.3 is 19.3 Å². The number of rotatable bonds is 6. The molecule has 4 rings (SSSR count). The van der Waals surface area contributed by atoms with Gasteiger partial charge in [0.2, 0.25) is 0 Å². The quantitative estimate of drug-likeness (QED) is 0.801. The van der Waals surface area contributed by atoms with Crippen LogP contribution >= 0.6 is 0 Å². The maximum Gasteiger partial charge on any atom is 0.358 e. The molecule has 1 aliphatic heterocycles. The van der Waals surface area contributed by atoms with E-state index in [1.807, 2.05) is 12.1 Å². The van der Waals surface area contributed by atoms with E-state index < -0.39 is 5.97 Å². The van der Waals surface area contributed by atoms with E-state index in [9.17, 15) is 9.90 Å². The molecule has 3 heterocycles. The maximum absolute atomic E-state index is 11.7. The van der Waals surface area contributed by atoms with Gasteiger partial charge in [0.15, 0.2) is 5.69 Å². The number of pyridine rings is 1. The first-order valence-corrected chi connectivity index (χ1v) is 8.71. The van der Waals surface area contributed by atoms with Gasteiger partial charge in [0.25, 0.3) is 0 Å². The number of aromatic nitrogens is 3. The molecule has 2 aliphatic rings.